The zero-order valence-corrected chi connectivity index (χ0v) is 20.2. The number of carbonyl (C=O) groups excluding carboxylic acids is 1. The highest BCUT2D eigenvalue weighted by Crippen LogP contribution is 2.49. The Morgan fingerprint density at radius 1 is 1.06 bits per heavy atom. The molecule has 3 aliphatic rings. The number of nitrogens with zero attached hydrogens (tertiary/aromatic N) is 5. The zero-order valence-electron chi connectivity index (χ0n) is 19.4. The first-order valence-corrected chi connectivity index (χ1v) is 12.5. The van der Waals surface area contributed by atoms with Gasteiger partial charge in [0.15, 0.2) is 5.69 Å². The molecule has 1 aliphatic carbocycles. The minimum absolute atomic E-state index is 0.151. The molecule has 35 heavy (non-hydrogen) atoms. The number of morpholine rings is 1. The predicted octanol–water partition coefficient (Wildman–Crippen LogP) is 3.96. The van der Waals surface area contributed by atoms with Crippen molar-refractivity contribution in [1.29, 1.82) is 5.26 Å². The standard InChI is InChI=1S/C27H26ClN5O2/c28-20-2-1-3-22(16-20)33-25-23(24(17-29)30-33)8-11-32(26(25)34)21-6-4-19(5-7-21)27(9-10-27)18-31-12-14-35-15-13-31/h1-7,16H,8-15,18H2. The third-order valence-corrected chi connectivity index (χ3v) is 7.69. The molecule has 1 amide bonds. The van der Waals surface area contributed by atoms with E-state index >= 15 is 0 Å². The fraction of sp³-hybridized carbons (Fsp3) is 0.370. The molecule has 0 atom stereocenters. The molecule has 0 spiro atoms. The minimum Gasteiger partial charge on any atom is -0.379 e. The van der Waals surface area contributed by atoms with Gasteiger partial charge in [0, 0.05) is 47.9 Å². The number of benzene rings is 2. The first-order chi connectivity index (χ1) is 17.1. The van der Waals surface area contributed by atoms with Gasteiger partial charge in [-0.15, -0.1) is 0 Å². The monoisotopic (exact) mass is 487 g/mol. The van der Waals surface area contributed by atoms with Gasteiger partial charge in [-0.3, -0.25) is 9.69 Å². The molecule has 8 heteroatoms. The Balaban J connectivity index is 1.27. The summed E-state index contributed by atoms with van der Waals surface area (Å²) in [5.41, 5.74) is 4.53. The van der Waals surface area contributed by atoms with Gasteiger partial charge in [0.05, 0.1) is 18.9 Å². The molecule has 0 radical (unpaired) electrons. The summed E-state index contributed by atoms with van der Waals surface area (Å²) >= 11 is 6.19. The summed E-state index contributed by atoms with van der Waals surface area (Å²) in [6, 6.07) is 17.8. The van der Waals surface area contributed by atoms with Gasteiger partial charge in [-0.05, 0) is 55.2 Å². The van der Waals surface area contributed by atoms with Crippen LogP contribution in [0.25, 0.3) is 5.69 Å². The smallest absolute Gasteiger partial charge is 0.277 e. The van der Waals surface area contributed by atoms with Gasteiger partial charge < -0.3 is 9.64 Å². The van der Waals surface area contributed by atoms with Crippen molar-refractivity contribution in [2.24, 2.45) is 0 Å². The third kappa shape index (κ3) is 4.02. The molecule has 0 N–H and O–H groups in total. The number of ether oxygens (including phenoxy) is 1. The van der Waals surface area contributed by atoms with Crippen molar-refractivity contribution < 1.29 is 9.53 Å². The molecule has 7 nitrogen and oxygen atoms in total. The van der Waals surface area contributed by atoms with E-state index < -0.39 is 0 Å². The maximum absolute atomic E-state index is 13.7. The van der Waals surface area contributed by atoms with Crippen LogP contribution in [0.4, 0.5) is 5.69 Å². The Kier molecular flexibility index (Phi) is 5.60. The summed E-state index contributed by atoms with van der Waals surface area (Å²) in [6.07, 6.45) is 2.98. The summed E-state index contributed by atoms with van der Waals surface area (Å²) in [7, 11) is 0. The van der Waals surface area contributed by atoms with E-state index in [4.69, 9.17) is 16.3 Å². The molecule has 3 heterocycles. The number of hydrogen-bond donors (Lipinski definition) is 0. The van der Waals surface area contributed by atoms with E-state index in [1.807, 2.05) is 12.1 Å². The van der Waals surface area contributed by atoms with E-state index in [-0.39, 0.29) is 11.3 Å². The lowest BCUT2D eigenvalue weighted by Crippen LogP contribution is -2.41. The van der Waals surface area contributed by atoms with Crippen molar-refractivity contribution in [1.82, 2.24) is 14.7 Å². The average molecular weight is 488 g/mol. The molecule has 0 bridgehead atoms. The number of fused-ring (bicyclic) bond motifs is 1. The lowest BCUT2D eigenvalue weighted by atomic mass is 9.94. The summed E-state index contributed by atoms with van der Waals surface area (Å²) in [4.78, 5) is 18.0. The lowest BCUT2D eigenvalue weighted by molar-refractivity contribution is 0.0336. The highest BCUT2D eigenvalue weighted by molar-refractivity contribution is 6.30. The van der Waals surface area contributed by atoms with Crippen LogP contribution in [0.2, 0.25) is 5.02 Å². The van der Waals surface area contributed by atoms with Crippen molar-refractivity contribution in [3.8, 4) is 11.8 Å². The van der Waals surface area contributed by atoms with Crippen molar-refractivity contribution in [2.75, 3.05) is 44.3 Å². The number of nitriles is 1. The molecule has 2 aliphatic heterocycles. The number of aromatic nitrogens is 2. The molecule has 2 aromatic carbocycles. The number of carbonyl (C=O) groups is 1. The number of amides is 1. The van der Waals surface area contributed by atoms with Crippen LogP contribution in [0.5, 0.6) is 0 Å². The number of rotatable bonds is 5. The Labute approximate surface area is 209 Å². The Bertz CT molecular complexity index is 1320. The van der Waals surface area contributed by atoms with Crippen LogP contribution in [-0.2, 0) is 16.6 Å². The summed E-state index contributed by atoms with van der Waals surface area (Å²) in [5.74, 6) is -0.151. The number of halogens is 1. The summed E-state index contributed by atoms with van der Waals surface area (Å²) in [5, 5.41) is 14.6. The SMILES string of the molecule is N#Cc1nn(-c2cccc(Cl)c2)c2c1CCN(c1ccc(C3(CN4CCOCC4)CC3)cc1)C2=O. The number of anilines is 1. The normalized spacial score (nSPS) is 19.3. The fourth-order valence-corrected chi connectivity index (χ4v) is 5.55. The van der Waals surface area contributed by atoms with Gasteiger partial charge in [-0.25, -0.2) is 4.68 Å². The fourth-order valence-electron chi connectivity index (χ4n) is 5.36. The van der Waals surface area contributed by atoms with Gasteiger partial charge >= 0.3 is 0 Å². The molecule has 178 valence electrons. The van der Waals surface area contributed by atoms with Crippen LogP contribution in [0.1, 0.15) is 40.2 Å². The van der Waals surface area contributed by atoms with Gasteiger partial charge in [0.1, 0.15) is 11.8 Å². The van der Waals surface area contributed by atoms with Gasteiger partial charge in [0.25, 0.3) is 5.91 Å². The Morgan fingerprint density at radius 2 is 1.83 bits per heavy atom. The van der Waals surface area contributed by atoms with Crippen LogP contribution >= 0.6 is 11.6 Å². The number of hydrogen-bond acceptors (Lipinski definition) is 5. The summed E-state index contributed by atoms with van der Waals surface area (Å²) < 4.78 is 7.06. The van der Waals surface area contributed by atoms with E-state index in [0.717, 1.165) is 38.5 Å². The van der Waals surface area contributed by atoms with E-state index in [2.05, 4.69) is 40.3 Å². The zero-order chi connectivity index (χ0) is 24.0. The van der Waals surface area contributed by atoms with E-state index in [9.17, 15) is 10.1 Å². The molecule has 1 saturated heterocycles. The Hall–Kier alpha value is -3.18. The highest BCUT2D eigenvalue weighted by Gasteiger charge is 2.45. The van der Waals surface area contributed by atoms with Crippen LogP contribution < -0.4 is 4.90 Å². The summed E-state index contributed by atoms with van der Waals surface area (Å²) in [6.45, 7) is 5.20. The van der Waals surface area contributed by atoms with E-state index in [1.165, 1.54) is 18.4 Å². The molecule has 6 rings (SSSR count). The predicted molar refractivity (Wildman–Crippen MR) is 133 cm³/mol. The van der Waals surface area contributed by atoms with Crippen molar-refractivity contribution >= 4 is 23.2 Å². The van der Waals surface area contributed by atoms with Gasteiger partial charge in [-0.1, -0.05) is 29.8 Å². The van der Waals surface area contributed by atoms with Crippen molar-refractivity contribution in [3.63, 3.8) is 0 Å². The quantitative estimate of drug-likeness (QED) is 0.544. The second-order valence-corrected chi connectivity index (χ2v) is 10.0. The second-order valence-electron chi connectivity index (χ2n) is 9.60. The molecule has 1 saturated carbocycles. The van der Waals surface area contributed by atoms with Crippen LogP contribution in [0, 0.1) is 11.3 Å². The maximum Gasteiger partial charge on any atom is 0.277 e. The van der Waals surface area contributed by atoms with Crippen LogP contribution in [-0.4, -0.2) is 60.0 Å². The lowest BCUT2D eigenvalue weighted by Gasteiger charge is -2.31. The second kappa shape index (κ2) is 8.80. The topological polar surface area (TPSA) is 74.4 Å². The molecule has 3 aromatic rings. The third-order valence-electron chi connectivity index (χ3n) is 7.45. The largest absolute Gasteiger partial charge is 0.379 e. The molecule has 1 aromatic heterocycles. The first-order valence-electron chi connectivity index (χ1n) is 12.1. The van der Waals surface area contributed by atoms with E-state index in [0.29, 0.717) is 40.6 Å². The van der Waals surface area contributed by atoms with Gasteiger partial charge in [-0.2, -0.15) is 10.4 Å². The highest BCUT2D eigenvalue weighted by atomic mass is 35.5. The van der Waals surface area contributed by atoms with Crippen LogP contribution in [0.3, 0.4) is 0 Å². The molecular formula is C27H26ClN5O2. The average Bonchev–Trinajstić information content (AvgIpc) is 3.56. The van der Waals surface area contributed by atoms with Crippen LogP contribution in [0.15, 0.2) is 48.5 Å². The first kappa shape index (κ1) is 22.3. The van der Waals surface area contributed by atoms with E-state index in [1.54, 1.807) is 21.7 Å². The maximum atomic E-state index is 13.7. The molecule has 0 unspecified atom stereocenters. The molecular weight excluding hydrogens is 462 g/mol. The van der Waals surface area contributed by atoms with Crippen molar-refractivity contribution in [2.45, 2.75) is 24.7 Å². The Morgan fingerprint density at radius 3 is 2.51 bits per heavy atom. The van der Waals surface area contributed by atoms with Crippen molar-refractivity contribution in [3.05, 3.63) is 76.1 Å². The molecule has 2 fully saturated rings. The minimum atomic E-state index is -0.151. The van der Waals surface area contributed by atoms with Gasteiger partial charge in [0.2, 0.25) is 0 Å².